The summed E-state index contributed by atoms with van der Waals surface area (Å²) in [6.07, 6.45) is 2.26. The first-order valence-corrected chi connectivity index (χ1v) is 8.88. The van der Waals surface area contributed by atoms with Gasteiger partial charge in [-0.25, -0.2) is 4.68 Å². The average molecular weight is 358 g/mol. The predicted octanol–water partition coefficient (Wildman–Crippen LogP) is 2.78. The molecule has 0 aliphatic heterocycles. The van der Waals surface area contributed by atoms with Gasteiger partial charge in [-0.05, 0) is 44.0 Å². The summed E-state index contributed by atoms with van der Waals surface area (Å²) < 4.78 is 12.5. The third kappa shape index (κ3) is 3.19. The molecule has 1 fully saturated rings. The first-order valence-electron chi connectivity index (χ1n) is 8.00. The third-order valence-corrected chi connectivity index (χ3v) is 5.09. The first kappa shape index (κ1) is 15.9. The van der Waals surface area contributed by atoms with Gasteiger partial charge in [-0.3, -0.25) is 0 Å². The standard InChI is InChI=1S/C16H18N6O2S/c1-9(25-16-21-18-13(22(16)17)10-3-4-10)14-19-20-15(24-14)11-5-7-12(23-2)8-6-11/h5-10H,3-4,17H2,1-2H3/t9-/m1/s1. The molecule has 0 spiro atoms. The molecule has 2 heterocycles. The predicted molar refractivity (Wildman–Crippen MR) is 92.7 cm³/mol. The Hall–Kier alpha value is -2.55. The van der Waals surface area contributed by atoms with Crippen LogP contribution in [-0.2, 0) is 0 Å². The number of hydrogen-bond acceptors (Lipinski definition) is 8. The number of nitrogen functional groups attached to an aromatic ring is 1. The fraction of sp³-hybridized carbons (Fsp3) is 0.375. The van der Waals surface area contributed by atoms with Crippen molar-refractivity contribution >= 4 is 11.8 Å². The quantitative estimate of drug-likeness (QED) is 0.530. The maximum atomic E-state index is 6.09. The fourth-order valence-corrected chi connectivity index (χ4v) is 3.25. The zero-order chi connectivity index (χ0) is 17.4. The molecule has 130 valence electrons. The molecular formula is C16H18N6O2S. The van der Waals surface area contributed by atoms with E-state index in [1.54, 1.807) is 11.8 Å². The summed E-state index contributed by atoms with van der Waals surface area (Å²) in [7, 11) is 1.63. The van der Waals surface area contributed by atoms with E-state index in [-0.39, 0.29) is 5.25 Å². The Bertz CT molecular complexity index is 871. The zero-order valence-electron chi connectivity index (χ0n) is 13.9. The number of nitrogens with zero attached hydrogens (tertiary/aromatic N) is 5. The summed E-state index contributed by atoms with van der Waals surface area (Å²) in [5, 5.41) is 17.2. The number of nitrogens with two attached hydrogens (primary N) is 1. The molecule has 0 saturated heterocycles. The Morgan fingerprint density at radius 2 is 1.96 bits per heavy atom. The number of rotatable bonds is 6. The van der Waals surface area contributed by atoms with Crippen molar-refractivity contribution in [1.82, 2.24) is 25.1 Å². The molecule has 1 saturated carbocycles. The lowest BCUT2D eigenvalue weighted by Gasteiger charge is -2.06. The van der Waals surface area contributed by atoms with Gasteiger partial charge in [0.15, 0.2) is 5.82 Å². The molecule has 0 unspecified atom stereocenters. The van der Waals surface area contributed by atoms with Gasteiger partial charge in [0.05, 0.1) is 12.4 Å². The molecule has 9 heteroatoms. The molecule has 25 heavy (non-hydrogen) atoms. The minimum absolute atomic E-state index is 0.0851. The molecule has 1 aliphatic rings. The smallest absolute Gasteiger partial charge is 0.247 e. The average Bonchev–Trinajstić information content (AvgIpc) is 3.24. The molecule has 1 aromatic carbocycles. The maximum absolute atomic E-state index is 6.09. The van der Waals surface area contributed by atoms with Crippen LogP contribution in [0.3, 0.4) is 0 Å². The minimum atomic E-state index is -0.0851. The van der Waals surface area contributed by atoms with Gasteiger partial charge in [0, 0.05) is 11.5 Å². The molecule has 0 radical (unpaired) electrons. The fourth-order valence-electron chi connectivity index (χ4n) is 2.45. The van der Waals surface area contributed by atoms with E-state index in [4.69, 9.17) is 15.0 Å². The highest BCUT2D eigenvalue weighted by atomic mass is 32.2. The molecule has 1 atom stereocenters. The highest BCUT2D eigenvalue weighted by molar-refractivity contribution is 7.99. The van der Waals surface area contributed by atoms with Crippen molar-refractivity contribution in [2.75, 3.05) is 13.0 Å². The SMILES string of the molecule is COc1ccc(-c2nnc([C@@H](C)Sc3nnc(C4CC4)n3N)o2)cc1. The van der Waals surface area contributed by atoms with Crippen molar-refractivity contribution in [3.63, 3.8) is 0 Å². The summed E-state index contributed by atoms with van der Waals surface area (Å²) in [6.45, 7) is 1.97. The molecule has 2 N–H and O–H groups in total. The summed E-state index contributed by atoms with van der Waals surface area (Å²) in [5.41, 5.74) is 0.842. The number of ether oxygens (including phenoxy) is 1. The maximum Gasteiger partial charge on any atom is 0.247 e. The van der Waals surface area contributed by atoms with Gasteiger partial charge < -0.3 is 15.0 Å². The van der Waals surface area contributed by atoms with E-state index in [0.717, 1.165) is 30.0 Å². The lowest BCUT2D eigenvalue weighted by molar-refractivity contribution is 0.415. The molecule has 4 rings (SSSR count). The Labute approximate surface area is 148 Å². The summed E-state index contributed by atoms with van der Waals surface area (Å²) in [6, 6.07) is 7.47. The highest BCUT2D eigenvalue weighted by Gasteiger charge is 2.30. The summed E-state index contributed by atoms with van der Waals surface area (Å²) in [5.74, 6) is 9.15. The number of methoxy groups -OCH3 is 1. The number of benzene rings is 1. The monoisotopic (exact) mass is 358 g/mol. The van der Waals surface area contributed by atoms with Crippen molar-refractivity contribution in [2.45, 2.75) is 36.1 Å². The second kappa shape index (κ2) is 6.40. The number of hydrogen-bond donors (Lipinski definition) is 1. The van der Waals surface area contributed by atoms with E-state index in [1.165, 1.54) is 11.8 Å². The molecular weight excluding hydrogens is 340 g/mol. The van der Waals surface area contributed by atoms with Crippen LogP contribution in [-0.4, -0.2) is 32.2 Å². The van der Waals surface area contributed by atoms with Gasteiger partial charge in [0.25, 0.3) is 0 Å². The van der Waals surface area contributed by atoms with Crippen LogP contribution in [0.4, 0.5) is 0 Å². The van der Waals surface area contributed by atoms with Crippen molar-refractivity contribution < 1.29 is 9.15 Å². The largest absolute Gasteiger partial charge is 0.497 e. The Morgan fingerprint density at radius 1 is 1.20 bits per heavy atom. The lowest BCUT2D eigenvalue weighted by Crippen LogP contribution is -2.13. The van der Waals surface area contributed by atoms with E-state index >= 15 is 0 Å². The Morgan fingerprint density at radius 3 is 2.64 bits per heavy atom. The zero-order valence-corrected chi connectivity index (χ0v) is 14.7. The van der Waals surface area contributed by atoms with E-state index in [2.05, 4.69) is 20.4 Å². The van der Waals surface area contributed by atoms with Gasteiger partial charge in [-0.1, -0.05) is 11.8 Å². The first-order chi connectivity index (χ1) is 12.2. The molecule has 2 aromatic heterocycles. The minimum Gasteiger partial charge on any atom is -0.497 e. The second-order valence-corrected chi connectivity index (χ2v) is 7.23. The van der Waals surface area contributed by atoms with E-state index < -0.39 is 0 Å². The van der Waals surface area contributed by atoms with Crippen LogP contribution in [0.25, 0.3) is 11.5 Å². The lowest BCUT2D eigenvalue weighted by atomic mass is 10.2. The summed E-state index contributed by atoms with van der Waals surface area (Å²) >= 11 is 1.45. The molecule has 1 aliphatic carbocycles. The summed E-state index contributed by atoms with van der Waals surface area (Å²) in [4.78, 5) is 0. The van der Waals surface area contributed by atoms with Crippen molar-refractivity contribution in [3.8, 4) is 17.2 Å². The van der Waals surface area contributed by atoms with Crippen LogP contribution in [0.5, 0.6) is 5.75 Å². The van der Waals surface area contributed by atoms with Crippen LogP contribution in [0.1, 0.15) is 42.6 Å². The normalized spacial score (nSPS) is 15.3. The third-order valence-electron chi connectivity index (χ3n) is 4.04. The highest BCUT2D eigenvalue weighted by Crippen LogP contribution is 2.40. The van der Waals surface area contributed by atoms with Gasteiger partial charge in [-0.2, -0.15) is 0 Å². The van der Waals surface area contributed by atoms with Gasteiger partial charge in [0.2, 0.25) is 16.9 Å². The van der Waals surface area contributed by atoms with Crippen LogP contribution in [0, 0.1) is 0 Å². The number of thioether (sulfide) groups is 1. The van der Waals surface area contributed by atoms with Crippen LogP contribution in [0.2, 0.25) is 0 Å². The Kier molecular flexibility index (Phi) is 4.08. The van der Waals surface area contributed by atoms with Crippen molar-refractivity contribution in [3.05, 3.63) is 36.0 Å². The van der Waals surface area contributed by atoms with Crippen molar-refractivity contribution in [2.24, 2.45) is 0 Å². The second-order valence-electron chi connectivity index (χ2n) is 5.92. The van der Waals surface area contributed by atoms with E-state index in [1.807, 2.05) is 31.2 Å². The van der Waals surface area contributed by atoms with E-state index in [9.17, 15) is 0 Å². The number of aromatic nitrogens is 5. The topological polar surface area (TPSA) is 105 Å². The van der Waals surface area contributed by atoms with Gasteiger partial charge in [-0.15, -0.1) is 20.4 Å². The molecule has 0 amide bonds. The van der Waals surface area contributed by atoms with Crippen LogP contribution < -0.4 is 10.6 Å². The molecule has 0 bridgehead atoms. The van der Waals surface area contributed by atoms with E-state index in [0.29, 0.717) is 22.9 Å². The van der Waals surface area contributed by atoms with Crippen LogP contribution >= 0.6 is 11.8 Å². The Balaban J connectivity index is 1.49. The molecule has 3 aromatic rings. The van der Waals surface area contributed by atoms with Crippen LogP contribution in [0.15, 0.2) is 33.8 Å². The van der Waals surface area contributed by atoms with Crippen molar-refractivity contribution in [1.29, 1.82) is 0 Å². The molecule has 8 nitrogen and oxygen atoms in total. The van der Waals surface area contributed by atoms with Gasteiger partial charge >= 0.3 is 0 Å². The van der Waals surface area contributed by atoms with Gasteiger partial charge in [0.1, 0.15) is 5.75 Å².